The molecule has 38 heavy (non-hydrogen) atoms. The largest absolute Gasteiger partial charge is 0.311 e. The molecule has 0 saturated heterocycles. The summed E-state index contributed by atoms with van der Waals surface area (Å²) in [6.45, 7) is 0. The van der Waals surface area contributed by atoms with E-state index in [2.05, 4.69) is 181 Å². The first-order valence-corrected chi connectivity index (χ1v) is 13.0. The molecular formula is C37H29N. The molecule has 0 aliphatic carbocycles. The van der Waals surface area contributed by atoms with E-state index in [1.807, 2.05) is 0 Å². The minimum absolute atomic E-state index is 0.452. The zero-order valence-corrected chi connectivity index (χ0v) is 21.2. The van der Waals surface area contributed by atoms with Crippen molar-refractivity contribution in [2.24, 2.45) is 0 Å². The molecule has 0 aliphatic heterocycles. The first-order chi connectivity index (χ1) is 18.9. The lowest BCUT2D eigenvalue weighted by molar-refractivity contribution is 0.745. The van der Waals surface area contributed by atoms with E-state index < -0.39 is 5.41 Å². The van der Waals surface area contributed by atoms with Crippen LogP contribution in [0.3, 0.4) is 0 Å². The van der Waals surface area contributed by atoms with Gasteiger partial charge in [-0.1, -0.05) is 140 Å². The van der Waals surface area contributed by atoms with Crippen LogP contribution >= 0.6 is 0 Å². The summed E-state index contributed by atoms with van der Waals surface area (Å²) in [5.74, 6) is 0. The van der Waals surface area contributed by atoms with Crippen LogP contribution in [0.15, 0.2) is 176 Å². The van der Waals surface area contributed by atoms with Crippen molar-refractivity contribution in [1.82, 2.24) is 0 Å². The second-order valence-corrected chi connectivity index (χ2v) is 9.40. The lowest BCUT2D eigenvalue weighted by atomic mass is 9.65. The number of benzene rings is 6. The minimum Gasteiger partial charge on any atom is -0.311 e. The van der Waals surface area contributed by atoms with Crippen LogP contribution < -0.4 is 4.90 Å². The van der Waals surface area contributed by atoms with Gasteiger partial charge in [0.1, 0.15) is 0 Å². The molecule has 0 unspecified atom stereocenters. The molecule has 182 valence electrons. The average molecular weight is 488 g/mol. The van der Waals surface area contributed by atoms with Crippen LogP contribution in [-0.4, -0.2) is 0 Å². The number of hydrogen-bond acceptors (Lipinski definition) is 1. The van der Waals surface area contributed by atoms with Crippen LogP contribution in [0.25, 0.3) is 0 Å². The van der Waals surface area contributed by atoms with E-state index in [-0.39, 0.29) is 0 Å². The smallest absolute Gasteiger partial charge is 0.0701 e. The molecule has 0 aliphatic rings. The van der Waals surface area contributed by atoms with Gasteiger partial charge in [0.25, 0.3) is 0 Å². The molecule has 0 heterocycles. The highest BCUT2D eigenvalue weighted by molar-refractivity contribution is 5.77. The molecule has 0 spiro atoms. The number of hydrogen-bond donors (Lipinski definition) is 0. The Balaban J connectivity index is 1.56. The van der Waals surface area contributed by atoms with Gasteiger partial charge in [-0.2, -0.15) is 0 Å². The number of anilines is 3. The Kier molecular flexibility index (Phi) is 6.57. The quantitative estimate of drug-likeness (QED) is 0.203. The van der Waals surface area contributed by atoms with Crippen molar-refractivity contribution >= 4 is 17.1 Å². The van der Waals surface area contributed by atoms with E-state index in [1.54, 1.807) is 0 Å². The number of nitrogens with zero attached hydrogens (tertiary/aromatic N) is 1. The summed E-state index contributed by atoms with van der Waals surface area (Å²) >= 11 is 0. The maximum atomic E-state index is 2.30. The molecule has 0 aromatic heterocycles. The van der Waals surface area contributed by atoms with Gasteiger partial charge in [0.2, 0.25) is 0 Å². The zero-order valence-electron chi connectivity index (χ0n) is 21.2. The molecule has 6 aromatic rings. The third-order valence-electron chi connectivity index (χ3n) is 7.21. The molecule has 0 fully saturated rings. The van der Waals surface area contributed by atoms with Crippen molar-refractivity contribution in [3.05, 3.63) is 198 Å². The highest BCUT2D eigenvalue weighted by atomic mass is 15.1. The van der Waals surface area contributed by atoms with E-state index in [0.717, 1.165) is 17.1 Å². The average Bonchev–Trinajstić information content (AvgIpc) is 3.01. The standard InChI is InChI=1S/C37H29N/c1-6-16-30(17-7-1)37(31-18-8-2-9-19-31,32-20-10-3-11-21-32)33-26-28-36(29-27-33)38(34-22-12-4-13-23-34)35-24-14-5-15-25-35/h1-29H. The van der Waals surface area contributed by atoms with Crippen molar-refractivity contribution in [2.75, 3.05) is 4.90 Å². The fraction of sp³-hybridized carbons (Fsp3) is 0.0270. The topological polar surface area (TPSA) is 3.24 Å². The van der Waals surface area contributed by atoms with Gasteiger partial charge in [-0.15, -0.1) is 0 Å². The molecule has 1 nitrogen and oxygen atoms in total. The highest BCUT2D eigenvalue weighted by Gasteiger charge is 2.38. The van der Waals surface area contributed by atoms with Crippen molar-refractivity contribution in [3.8, 4) is 0 Å². The summed E-state index contributed by atoms with van der Waals surface area (Å²) in [7, 11) is 0. The lowest BCUT2D eigenvalue weighted by Gasteiger charge is -2.37. The van der Waals surface area contributed by atoms with Crippen LogP contribution in [0.1, 0.15) is 22.3 Å². The van der Waals surface area contributed by atoms with Crippen molar-refractivity contribution in [2.45, 2.75) is 5.41 Å². The molecule has 6 aromatic carbocycles. The zero-order chi connectivity index (χ0) is 25.6. The van der Waals surface area contributed by atoms with Gasteiger partial charge in [0, 0.05) is 17.1 Å². The first-order valence-electron chi connectivity index (χ1n) is 13.0. The van der Waals surface area contributed by atoms with Gasteiger partial charge < -0.3 is 4.90 Å². The molecule has 0 saturated carbocycles. The van der Waals surface area contributed by atoms with Crippen LogP contribution in [0.5, 0.6) is 0 Å². The van der Waals surface area contributed by atoms with Crippen molar-refractivity contribution in [3.63, 3.8) is 0 Å². The van der Waals surface area contributed by atoms with Crippen molar-refractivity contribution < 1.29 is 0 Å². The van der Waals surface area contributed by atoms with E-state index >= 15 is 0 Å². The third-order valence-corrected chi connectivity index (χ3v) is 7.21. The molecule has 1 heteroatoms. The second kappa shape index (κ2) is 10.6. The van der Waals surface area contributed by atoms with Gasteiger partial charge in [0.15, 0.2) is 0 Å². The number of rotatable bonds is 7. The van der Waals surface area contributed by atoms with E-state index in [0.29, 0.717) is 0 Å². The molecule has 0 N–H and O–H groups in total. The predicted octanol–water partition coefficient (Wildman–Crippen LogP) is 9.54. The minimum atomic E-state index is -0.452. The molecular weight excluding hydrogens is 458 g/mol. The molecule has 6 rings (SSSR count). The maximum absolute atomic E-state index is 2.30. The van der Waals surface area contributed by atoms with E-state index in [9.17, 15) is 0 Å². The summed E-state index contributed by atoms with van der Waals surface area (Å²) in [5.41, 5.74) is 7.89. The normalized spacial score (nSPS) is 11.2. The second-order valence-electron chi connectivity index (χ2n) is 9.40. The SMILES string of the molecule is c1ccc(N(c2ccccc2)c2ccc(C(c3ccccc3)(c3ccccc3)c3ccccc3)cc2)cc1. The Morgan fingerprint density at radius 1 is 0.263 bits per heavy atom. The first kappa shape index (κ1) is 23.5. The van der Waals surface area contributed by atoms with Crippen LogP contribution in [-0.2, 0) is 5.41 Å². The van der Waals surface area contributed by atoms with Crippen molar-refractivity contribution in [1.29, 1.82) is 0 Å². The summed E-state index contributed by atoms with van der Waals surface area (Å²) in [4.78, 5) is 2.30. The third kappa shape index (κ3) is 4.29. The molecule has 0 atom stereocenters. The van der Waals surface area contributed by atoms with Gasteiger partial charge in [-0.3, -0.25) is 0 Å². The summed E-state index contributed by atoms with van der Waals surface area (Å²) in [5, 5.41) is 0. The monoisotopic (exact) mass is 487 g/mol. The highest BCUT2D eigenvalue weighted by Crippen LogP contribution is 2.46. The Labute approximate surface area is 225 Å². The van der Waals surface area contributed by atoms with Gasteiger partial charge in [-0.25, -0.2) is 0 Å². The number of para-hydroxylation sites is 2. The van der Waals surface area contributed by atoms with Crippen LogP contribution in [0.4, 0.5) is 17.1 Å². The Morgan fingerprint density at radius 3 is 0.868 bits per heavy atom. The lowest BCUT2D eigenvalue weighted by Crippen LogP contribution is -2.31. The fourth-order valence-corrected chi connectivity index (χ4v) is 5.53. The Bertz CT molecular complexity index is 1430. The molecule has 0 radical (unpaired) electrons. The van der Waals surface area contributed by atoms with Crippen LogP contribution in [0.2, 0.25) is 0 Å². The summed E-state index contributed by atoms with van der Waals surface area (Å²) in [6.07, 6.45) is 0. The Morgan fingerprint density at radius 2 is 0.526 bits per heavy atom. The predicted molar refractivity (Wildman–Crippen MR) is 159 cm³/mol. The molecule has 0 bridgehead atoms. The maximum Gasteiger partial charge on any atom is 0.0701 e. The van der Waals surface area contributed by atoms with Gasteiger partial charge in [0.05, 0.1) is 5.41 Å². The van der Waals surface area contributed by atoms with Gasteiger partial charge >= 0.3 is 0 Å². The summed E-state index contributed by atoms with van der Waals surface area (Å²) in [6, 6.07) is 62.7. The van der Waals surface area contributed by atoms with Crippen LogP contribution in [0, 0.1) is 0 Å². The Hall–Kier alpha value is -4.88. The fourth-order valence-electron chi connectivity index (χ4n) is 5.53. The molecule has 0 amide bonds. The summed E-state index contributed by atoms with van der Waals surface area (Å²) < 4.78 is 0. The van der Waals surface area contributed by atoms with E-state index in [1.165, 1.54) is 22.3 Å². The van der Waals surface area contributed by atoms with Gasteiger partial charge in [-0.05, 0) is 58.7 Å². The van der Waals surface area contributed by atoms with E-state index in [4.69, 9.17) is 0 Å².